The fourth-order valence-corrected chi connectivity index (χ4v) is 2.10. The highest BCUT2D eigenvalue weighted by atomic mass is 16.5. The van der Waals surface area contributed by atoms with Crippen molar-refractivity contribution in [3.8, 4) is 0 Å². The van der Waals surface area contributed by atoms with E-state index >= 15 is 0 Å². The maximum absolute atomic E-state index is 11.9. The van der Waals surface area contributed by atoms with E-state index in [2.05, 4.69) is 5.32 Å². The lowest BCUT2D eigenvalue weighted by Crippen LogP contribution is -2.55. The highest BCUT2D eigenvalue weighted by Crippen LogP contribution is 2.13. The Hall–Kier alpha value is -1.14. The van der Waals surface area contributed by atoms with Gasteiger partial charge in [0.25, 0.3) is 0 Å². The molecule has 4 unspecified atom stereocenters. The van der Waals surface area contributed by atoms with Crippen LogP contribution in [0.25, 0.3) is 0 Å². The summed E-state index contributed by atoms with van der Waals surface area (Å²) in [5.74, 6) is -1.29. The Morgan fingerprint density at radius 3 is 2.22 bits per heavy atom. The smallest absolute Gasteiger partial charge is 0.325 e. The van der Waals surface area contributed by atoms with Gasteiger partial charge in [-0.3, -0.25) is 14.5 Å². The molecule has 0 aromatic heterocycles. The number of amides is 1. The molecular weight excluding hydrogens is 236 g/mol. The first-order valence-electron chi connectivity index (χ1n) is 6.24. The molecule has 6 heteroatoms. The van der Waals surface area contributed by atoms with Gasteiger partial charge in [0.1, 0.15) is 6.04 Å². The number of morpholine rings is 1. The summed E-state index contributed by atoms with van der Waals surface area (Å²) in [5.41, 5.74) is 0. The van der Waals surface area contributed by atoms with E-state index in [9.17, 15) is 9.59 Å². The van der Waals surface area contributed by atoms with Crippen molar-refractivity contribution in [3.05, 3.63) is 0 Å². The maximum Gasteiger partial charge on any atom is 0.325 e. The van der Waals surface area contributed by atoms with Gasteiger partial charge in [-0.25, -0.2) is 0 Å². The topological polar surface area (TPSA) is 78.9 Å². The third kappa shape index (κ3) is 3.96. The van der Waals surface area contributed by atoms with Gasteiger partial charge in [-0.1, -0.05) is 0 Å². The lowest BCUT2D eigenvalue weighted by molar-refractivity contribution is -0.143. The minimum absolute atomic E-state index is 0.0842. The molecule has 1 heterocycles. The Balaban J connectivity index is 2.55. The summed E-state index contributed by atoms with van der Waals surface area (Å²) >= 11 is 0. The zero-order chi connectivity index (χ0) is 13.9. The molecule has 6 nitrogen and oxygen atoms in total. The van der Waals surface area contributed by atoms with Crippen LogP contribution >= 0.6 is 0 Å². The molecule has 0 saturated carbocycles. The summed E-state index contributed by atoms with van der Waals surface area (Å²) in [5, 5.41) is 11.2. The lowest BCUT2D eigenvalue weighted by atomic mass is 10.1. The van der Waals surface area contributed by atoms with Gasteiger partial charge in [0, 0.05) is 13.1 Å². The van der Waals surface area contributed by atoms with Crippen molar-refractivity contribution in [1.82, 2.24) is 10.2 Å². The van der Waals surface area contributed by atoms with Crippen molar-refractivity contribution in [2.75, 3.05) is 13.1 Å². The van der Waals surface area contributed by atoms with E-state index in [1.54, 1.807) is 6.92 Å². The van der Waals surface area contributed by atoms with Crippen molar-refractivity contribution >= 4 is 11.9 Å². The van der Waals surface area contributed by atoms with E-state index in [1.165, 1.54) is 6.92 Å². The molecule has 1 saturated heterocycles. The third-order valence-electron chi connectivity index (χ3n) is 3.10. The van der Waals surface area contributed by atoms with E-state index in [-0.39, 0.29) is 24.2 Å². The first-order chi connectivity index (χ1) is 8.31. The summed E-state index contributed by atoms with van der Waals surface area (Å²) in [7, 11) is 0. The number of hydrogen-bond donors (Lipinski definition) is 2. The third-order valence-corrected chi connectivity index (χ3v) is 3.10. The predicted molar refractivity (Wildman–Crippen MR) is 66.3 cm³/mol. The van der Waals surface area contributed by atoms with Crippen molar-refractivity contribution in [1.29, 1.82) is 0 Å². The van der Waals surface area contributed by atoms with Gasteiger partial charge in [0.15, 0.2) is 0 Å². The summed E-state index contributed by atoms with van der Waals surface area (Å²) in [6.45, 7) is 8.53. The number of aliphatic carboxylic acids is 1. The van der Waals surface area contributed by atoms with Crippen LogP contribution < -0.4 is 5.32 Å². The molecule has 1 rings (SSSR count). The van der Waals surface area contributed by atoms with E-state index in [0.717, 1.165) is 0 Å². The second kappa shape index (κ2) is 6.15. The minimum Gasteiger partial charge on any atom is -0.480 e. The molecule has 0 radical (unpaired) electrons. The van der Waals surface area contributed by atoms with Crippen molar-refractivity contribution < 1.29 is 19.4 Å². The van der Waals surface area contributed by atoms with Gasteiger partial charge in [-0.15, -0.1) is 0 Å². The molecule has 2 N–H and O–H groups in total. The minimum atomic E-state index is -1.03. The molecule has 1 aliphatic rings. The molecule has 18 heavy (non-hydrogen) atoms. The summed E-state index contributed by atoms with van der Waals surface area (Å²) in [6, 6.07) is -1.21. The highest BCUT2D eigenvalue weighted by molar-refractivity contribution is 5.86. The maximum atomic E-state index is 11.9. The van der Waals surface area contributed by atoms with Crippen LogP contribution in [-0.2, 0) is 14.3 Å². The SMILES string of the molecule is CC1CN(C(C)C(=O)NC(C)C(=O)O)CC(C)O1. The molecule has 104 valence electrons. The second-order valence-corrected chi connectivity index (χ2v) is 4.96. The average Bonchev–Trinajstić information content (AvgIpc) is 2.26. The van der Waals surface area contributed by atoms with Crippen LogP contribution in [0.5, 0.6) is 0 Å². The second-order valence-electron chi connectivity index (χ2n) is 4.96. The zero-order valence-corrected chi connectivity index (χ0v) is 11.3. The summed E-state index contributed by atoms with van der Waals surface area (Å²) in [6.07, 6.45) is 0.168. The molecule has 4 atom stereocenters. The van der Waals surface area contributed by atoms with Crippen LogP contribution in [-0.4, -0.2) is 59.3 Å². The van der Waals surface area contributed by atoms with Crippen LogP contribution in [0.1, 0.15) is 27.7 Å². The highest BCUT2D eigenvalue weighted by Gasteiger charge is 2.30. The first kappa shape index (κ1) is 14.9. The number of nitrogens with one attached hydrogen (secondary N) is 1. The first-order valence-corrected chi connectivity index (χ1v) is 6.24. The Bertz CT molecular complexity index is 311. The summed E-state index contributed by atoms with van der Waals surface area (Å²) < 4.78 is 5.60. The van der Waals surface area contributed by atoms with Gasteiger partial charge in [0.05, 0.1) is 18.2 Å². The fraction of sp³-hybridized carbons (Fsp3) is 0.833. The summed E-state index contributed by atoms with van der Waals surface area (Å²) in [4.78, 5) is 24.6. The molecule has 1 fully saturated rings. The van der Waals surface area contributed by atoms with Gasteiger partial charge in [-0.05, 0) is 27.7 Å². The molecule has 0 bridgehead atoms. The Morgan fingerprint density at radius 1 is 1.28 bits per heavy atom. The van der Waals surface area contributed by atoms with Gasteiger partial charge >= 0.3 is 5.97 Å². The molecule has 1 aliphatic heterocycles. The number of ether oxygens (including phenoxy) is 1. The van der Waals surface area contributed by atoms with Gasteiger partial charge in [0.2, 0.25) is 5.91 Å². The molecule has 0 spiro atoms. The van der Waals surface area contributed by atoms with Crippen molar-refractivity contribution in [2.24, 2.45) is 0 Å². The van der Waals surface area contributed by atoms with Crippen LogP contribution in [0.15, 0.2) is 0 Å². The van der Waals surface area contributed by atoms with Crippen LogP contribution in [0.3, 0.4) is 0 Å². The monoisotopic (exact) mass is 258 g/mol. The number of rotatable bonds is 4. The number of hydrogen-bond acceptors (Lipinski definition) is 4. The molecule has 0 aromatic rings. The lowest BCUT2D eigenvalue weighted by Gasteiger charge is -2.38. The zero-order valence-electron chi connectivity index (χ0n) is 11.3. The molecule has 0 aromatic carbocycles. The van der Waals surface area contributed by atoms with E-state index in [1.807, 2.05) is 18.7 Å². The molecule has 1 amide bonds. The molecule has 0 aliphatic carbocycles. The van der Waals surface area contributed by atoms with Crippen LogP contribution in [0.4, 0.5) is 0 Å². The van der Waals surface area contributed by atoms with Crippen molar-refractivity contribution in [3.63, 3.8) is 0 Å². The predicted octanol–water partition coefficient (Wildman–Crippen LogP) is 0.0734. The average molecular weight is 258 g/mol. The Morgan fingerprint density at radius 2 is 1.78 bits per heavy atom. The van der Waals surface area contributed by atoms with Crippen molar-refractivity contribution in [2.45, 2.75) is 52.0 Å². The number of carboxylic acid groups (broad SMARTS) is 1. The number of nitrogens with zero attached hydrogens (tertiary/aromatic N) is 1. The van der Waals surface area contributed by atoms with Crippen LogP contribution in [0.2, 0.25) is 0 Å². The Kier molecular flexibility index (Phi) is 5.10. The van der Waals surface area contributed by atoms with Gasteiger partial charge < -0.3 is 15.2 Å². The van der Waals surface area contributed by atoms with Gasteiger partial charge in [-0.2, -0.15) is 0 Å². The normalized spacial score (nSPS) is 28.4. The number of carbonyl (C=O) groups is 2. The largest absolute Gasteiger partial charge is 0.480 e. The van der Waals surface area contributed by atoms with Crippen LogP contribution in [0, 0.1) is 0 Å². The standard InChI is InChI=1S/C12H22N2O4/c1-7-5-14(6-8(2)18-7)10(4)11(15)13-9(3)12(16)17/h7-10H,5-6H2,1-4H3,(H,13,15)(H,16,17). The van der Waals surface area contributed by atoms with E-state index in [4.69, 9.17) is 9.84 Å². The van der Waals surface area contributed by atoms with E-state index < -0.39 is 12.0 Å². The quantitative estimate of drug-likeness (QED) is 0.746. The Labute approximate surface area is 107 Å². The number of carboxylic acids is 1. The van der Waals surface area contributed by atoms with E-state index in [0.29, 0.717) is 13.1 Å². The number of carbonyl (C=O) groups excluding carboxylic acids is 1. The fourth-order valence-electron chi connectivity index (χ4n) is 2.10. The molecular formula is C12H22N2O4.